The highest BCUT2D eigenvalue weighted by Crippen LogP contribution is 2.39. The number of halogens is 1. The molecule has 1 aliphatic rings. The number of nitro groups is 1. The number of nitrogens with one attached hydrogen (secondary N) is 1. The lowest BCUT2D eigenvalue weighted by Crippen LogP contribution is -2.49. The van der Waals surface area contributed by atoms with Crippen LogP contribution in [0, 0.1) is 13.8 Å². The number of alkyl carbamates (subject to hydrolysis) is 1. The highest BCUT2D eigenvalue weighted by atomic mass is 127. The lowest BCUT2D eigenvalue weighted by atomic mass is 10.0. The molecule has 0 radical (unpaired) electrons. The van der Waals surface area contributed by atoms with Gasteiger partial charge in [-0.1, -0.05) is 0 Å². The van der Waals surface area contributed by atoms with Crippen LogP contribution in [0.15, 0.2) is 12.1 Å². The van der Waals surface area contributed by atoms with Gasteiger partial charge in [0.25, 0.3) is 5.69 Å². The summed E-state index contributed by atoms with van der Waals surface area (Å²) in [5.74, 6) is 0. The van der Waals surface area contributed by atoms with Gasteiger partial charge in [-0.2, -0.15) is 5.10 Å². The van der Waals surface area contributed by atoms with Gasteiger partial charge in [0.15, 0.2) is 0 Å². The Hall–Kier alpha value is -2.11. The molecule has 1 amide bonds. The number of aromatic nitrogens is 2. The van der Waals surface area contributed by atoms with E-state index in [1.807, 2.05) is 32.7 Å². The zero-order valence-corrected chi connectivity index (χ0v) is 18.5. The second-order valence-electron chi connectivity index (χ2n) is 7.93. The van der Waals surface area contributed by atoms with Gasteiger partial charge in [-0.15, -0.1) is 0 Å². The van der Waals surface area contributed by atoms with Gasteiger partial charge in [-0.05, 0) is 62.3 Å². The summed E-state index contributed by atoms with van der Waals surface area (Å²) >= 11 is 2.16. The van der Waals surface area contributed by atoms with Crippen LogP contribution in [0.2, 0.25) is 0 Å². The van der Waals surface area contributed by atoms with Crippen molar-refractivity contribution in [1.82, 2.24) is 15.1 Å². The minimum absolute atomic E-state index is 0.0522. The molecule has 1 fully saturated rings. The van der Waals surface area contributed by atoms with Gasteiger partial charge in [0.1, 0.15) is 15.0 Å². The Kier molecular flexibility index (Phi) is 5.69. The van der Waals surface area contributed by atoms with Crippen molar-refractivity contribution >= 4 is 51.0 Å². The van der Waals surface area contributed by atoms with Crippen molar-refractivity contribution in [3.63, 3.8) is 0 Å². The number of hydrogen-bond donors (Lipinski definition) is 1. The zero-order valence-electron chi connectivity index (χ0n) is 16.4. The van der Waals surface area contributed by atoms with Crippen LogP contribution in [-0.2, 0) is 11.8 Å². The Balaban J connectivity index is 1.92. The van der Waals surface area contributed by atoms with E-state index < -0.39 is 11.7 Å². The summed E-state index contributed by atoms with van der Waals surface area (Å²) in [6.07, 6.45) is 1.14. The standard InChI is InChI=1S/C18H24IN5O4/c1-18(2,3)28-17(25)20-11-6-5-9-23(10-11)15-13(24(26)27)8-7-12-14(15)16(19)22(4)21-12/h7-8,11H,5-6,9-10H2,1-4H3,(H,20,25)/t11-/m1/s1. The molecule has 3 rings (SSSR count). The molecule has 28 heavy (non-hydrogen) atoms. The molecule has 1 aromatic carbocycles. The van der Waals surface area contributed by atoms with E-state index in [1.54, 1.807) is 10.7 Å². The third kappa shape index (κ3) is 4.31. The Morgan fingerprint density at radius 1 is 1.43 bits per heavy atom. The fourth-order valence-corrected chi connectivity index (χ4v) is 4.10. The average molecular weight is 501 g/mol. The number of benzene rings is 1. The van der Waals surface area contributed by atoms with E-state index >= 15 is 0 Å². The lowest BCUT2D eigenvalue weighted by molar-refractivity contribution is -0.384. The number of amides is 1. The number of carbonyl (C=O) groups excluding carboxylic acids is 1. The SMILES string of the molecule is Cn1nc2ccc([N+](=O)[O-])c(N3CCC[C@@H](NC(=O)OC(C)(C)C)C3)c2c1I. The quantitative estimate of drug-likeness (QED) is 0.392. The summed E-state index contributed by atoms with van der Waals surface area (Å²) in [7, 11) is 1.82. The molecule has 0 spiro atoms. The number of nitrogens with zero attached hydrogens (tertiary/aromatic N) is 4. The number of hydrogen-bond acceptors (Lipinski definition) is 6. The van der Waals surface area contributed by atoms with Gasteiger partial charge in [-0.3, -0.25) is 14.8 Å². The van der Waals surface area contributed by atoms with E-state index in [0.29, 0.717) is 18.8 Å². The zero-order chi connectivity index (χ0) is 20.6. The maximum Gasteiger partial charge on any atom is 0.407 e. The molecule has 0 aliphatic carbocycles. The summed E-state index contributed by atoms with van der Waals surface area (Å²) in [4.78, 5) is 25.5. The molecule has 10 heteroatoms. The van der Waals surface area contributed by atoms with Gasteiger partial charge < -0.3 is 15.0 Å². The van der Waals surface area contributed by atoms with Crippen LogP contribution in [0.1, 0.15) is 33.6 Å². The molecule has 2 heterocycles. The van der Waals surface area contributed by atoms with Crippen molar-refractivity contribution in [1.29, 1.82) is 0 Å². The summed E-state index contributed by atoms with van der Waals surface area (Å²) in [6.45, 7) is 6.60. The van der Waals surface area contributed by atoms with Crippen molar-refractivity contribution in [3.05, 3.63) is 25.9 Å². The summed E-state index contributed by atoms with van der Waals surface area (Å²) in [5, 5.41) is 19.8. The number of anilines is 1. The molecule has 1 N–H and O–H groups in total. The van der Waals surface area contributed by atoms with Crippen LogP contribution in [-0.4, -0.2) is 45.5 Å². The van der Waals surface area contributed by atoms with E-state index in [4.69, 9.17) is 4.74 Å². The molecule has 1 saturated heterocycles. The fourth-order valence-electron chi connectivity index (χ4n) is 3.46. The van der Waals surface area contributed by atoms with E-state index in [2.05, 4.69) is 33.0 Å². The number of ether oxygens (including phenoxy) is 1. The maximum atomic E-state index is 12.1. The van der Waals surface area contributed by atoms with Crippen LogP contribution in [0.4, 0.5) is 16.2 Å². The topological polar surface area (TPSA) is 103 Å². The third-order valence-corrected chi connectivity index (χ3v) is 5.78. The number of piperidine rings is 1. The third-order valence-electron chi connectivity index (χ3n) is 4.54. The number of carbonyl (C=O) groups is 1. The Morgan fingerprint density at radius 3 is 2.79 bits per heavy atom. The predicted molar refractivity (Wildman–Crippen MR) is 115 cm³/mol. The van der Waals surface area contributed by atoms with Crippen molar-refractivity contribution in [3.8, 4) is 0 Å². The van der Waals surface area contributed by atoms with Crippen LogP contribution in [0.5, 0.6) is 0 Å². The van der Waals surface area contributed by atoms with E-state index in [-0.39, 0.29) is 16.7 Å². The first-order valence-electron chi connectivity index (χ1n) is 9.11. The first-order chi connectivity index (χ1) is 13.1. The Morgan fingerprint density at radius 2 is 2.14 bits per heavy atom. The summed E-state index contributed by atoms with van der Waals surface area (Å²) in [6, 6.07) is 3.04. The van der Waals surface area contributed by atoms with Gasteiger partial charge in [-0.25, -0.2) is 4.79 Å². The second kappa shape index (κ2) is 7.72. The average Bonchev–Trinajstić information content (AvgIpc) is 2.87. The lowest BCUT2D eigenvalue weighted by Gasteiger charge is -2.35. The first-order valence-corrected chi connectivity index (χ1v) is 10.2. The van der Waals surface area contributed by atoms with Crippen molar-refractivity contribution in [2.24, 2.45) is 7.05 Å². The second-order valence-corrected chi connectivity index (χ2v) is 8.95. The molecule has 1 atom stereocenters. The maximum absolute atomic E-state index is 12.1. The molecule has 9 nitrogen and oxygen atoms in total. The molecule has 1 aliphatic heterocycles. The Labute approximate surface area is 176 Å². The number of aryl methyl sites for hydroxylation is 1. The van der Waals surface area contributed by atoms with Gasteiger partial charge in [0, 0.05) is 32.2 Å². The molecule has 152 valence electrons. The van der Waals surface area contributed by atoms with Gasteiger partial charge in [0.2, 0.25) is 0 Å². The van der Waals surface area contributed by atoms with Crippen molar-refractivity contribution in [2.45, 2.75) is 45.3 Å². The van der Waals surface area contributed by atoms with Gasteiger partial charge >= 0.3 is 6.09 Å². The monoisotopic (exact) mass is 501 g/mol. The van der Waals surface area contributed by atoms with Crippen LogP contribution in [0.3, 0.4) is 0 Å². The molecular formula is C18H24IN5O4. The number of nitro benzene ring substituents is 1. The van der Waals surface area contributed by atoms with Crippen LogP contribution in [0.25, 0.3) is 10.9 Å². The first kappa shape index (κ1) is 20.6. The van der Waals surface area contributed by atoms with Crippen molar-refractivity contribution in [2.75, 3.05) is 18.0 Å². The van der Waals surface area contributed by atoms with E-state index in [0.717, 1.165) is 27.4 Å². The highest BCUT2D eigenvalue weighted by molar-refractivity contribution is 14.1. The molecular weight excluding hydrogens is 477 g/mol. The van der Waals surface area contributed by atoms with Crippen LogP contribution >= 0.6 is 22.6 Å². The smallest absolute Gasteiger partial charge is 0.407 e. The number of fused-ring (bicyclic) bond motifs is 1. The minimum atomic E-state index is -0.575. The van der Waals surface area contributed by atoms with E-state index in [1.165, 1.54) is 6.07 Å². The Bertz CT molecular complexity index is 921. The van der Waals surface area contributed by atoms with Crippen LogP contribution < -0.4 is 10.2 Å². The summed E-state index contributed by atoms with van der Waals surface area (Å²) in [5.41, 5.74) is 0.760. The molecule has 2 aromatic rings. The van der Waals surface area contributed by atoms with Crippen molar-refractivity contribution < 1.29 is 14.5 Å². The summed E-state index contributed by atoms with van der Waals surface area (Å²) < 4.78 is 7.91. The normalized spacial score (nSPS) is 17.6. The molecule has 0 saturated carbocycles. The number of rotatable bonds is 3. The predicted octanol–water partition coefficient (Wildman–Crippen LogP) is 3.58. The largest absolute Gasteiger partial charge is 0.444 e. The minimum Gasteiger partial charge on any atom is -0.444 e. The fraction of sp³-hybridized carbons (Fsp3) is 0.556. The van der Waals surface area contributed by atoms with Gasteiger partial charge in [0.05, 0.1) is 15.8 Å². The molecule has 1 aromatic heterocycles. The molecule has 0 bridgehead atoms. The molecule has 0 unspecified atom stereocenters. The highest BCUT2D eigenvalue weighted by Gasteiger charge is 2.31. The van der Waals surface area contributed by atoms with E-state index in [9.17, 15) is 14.9 Å².